The summed E-state index contributed by atoms with van der Waals surface area (Å²) in [5, 5.41) is 3.15. The predicted octanol–water partition coefficient (Wildman–Crippen LogP) is 2.92. The van der Waals surface area contributed by atoms with E-state index in [1.54, 1.807) is 12.1 Å². The van der Waals surface area contributed by atoms with Crippen LogP contribution >= 0.6 is 0 Å². The Hall–Kier alpha value is -2.40. The first-order chi connectivity index (χ1) is 13.1. The highest BCUT2D eigenvalue weighted by molar-refractivity contribution is 5.78. The number of rotatable bonds is 6. The SMILES string of the molecule is Cc1cccc(N2CCN(C(=O)CNCCc3ccccc3F)CC2)c1C. The Labute approximate surface area is 161 Å². The van der Waals surface area contributed by atoms with Crippen LogP contribution in [0, 0.1) is 19.7 Å². The second kappa shape index (κ2) is 9.00. The molecule has 0 aliphatic carbocycles. The molecule has 0 saturated carbocycles. The lowest BCUT2D eigenvalue weighted by atomic mass is 10.1. The number of nitrogens with one attached hydrogen (secondary N) is 1. The lowest BCUT2D eigenvalue weighted by Crippen LogP contribution is -2.51. The Morgan fingerprint density at radius 1 is 1.04 bits per heavy atom. The van der Waals surface area contributed by atoms with Gasteiger partial charge in [0.15, 0.2) is 0 Å². The van der Waals surface area contributed by atoms with Gasteiger partial charge in [-0.05, 0) is 55.6 Å². The van der Waals surface area contributed by atoms with Crippen molar-refractivity contribution in [3.8, 4) is 0 Å². The summed E-state index contributed by atoms with van der Waals surface area (Å²) in [6.07, 6.45) is 0.584. The smallest absolute Gasteiger partial charge is 0.236 e. The van der Waals surface area contributed by atoms with Crippen molar-refractivity contribution in [1.82, 2.24) is 10.2 Å². The number of benzene rings is 2. The fraction of sp³-hybridized carbons (Fsp3) is 0.409. The first-order valence-corrected chi connectivity index (χ1v) is 9.59. The molecule has 0 unspecified atom stereocenters. The van der Waals surface area contributed by atoms with Crippen LogP contribution in [-0.2, 0) is 11.2 Å². The molecule has 4 nitrogen and oxygen atoms in total. The van der Waals surface area contributed by atoms with Gasteiger partial charge in [-0.1, -0.05) is 30.3 Å². The first kappa shape index (κ1) is 19.4. The molecule has 144 valence electrons. The summed E-state index contributed by atoms with van der Waals surface area (Å²) in [6, 6.07) is 13.2. The van der Waals surface area contributed by atoms with E-state index in [2.05, 4.69) is 42.3 Å². The number of hydrogen-bond acceptors (Lipinski definition) is 3. The Morgan fingerprint density at radius 2 is 1.78 bits per heavy atom. The van der Waals surface area contributed by atoms with Crippen molar-refractivity contribution >= 4 is 11.6 Å². The zero-order chi connectivity index (χ0) is 19.2. The van der Waals surface area contributed by atoms with Gasteiger partial charge in [-0.25, -0.2) is 4.39 Å². The van der Waals surface area contributed by atoms with Crippen molar-refractivity contribution in [3.63, 3.8) is 0 Å². The van der Waals surface area contributed by atoms with Crippen LogP contribution in [0.3, 0.4) is 0 Å². The van der Waals surface area contributed by atoms with Crippen molar-refractivity contribution in [2.75, 3.05) is 44.2 Å². The maximum absolute atomic E-state index is 13.6. The zero-order valence-corrected chi connectivity index (χ0v) is 16.2. The minimum Gasteiger partial charge on any atom is -0.368 e. The normalized spacial score (nSPS) is 14.5. The first-order valence-electron chi connectivity index (χ1n) is 9.59. The summed E-state index contributed by atoms with van der Waals surface area (Å²) in [7, 11) is 0. The van der Waals surface area contributed by atoms with Crippen molar-refractivity contribution in [1.29, 1.82) is 0 Å². The maximum atomic E-state index is 13.6. The van der Waals surface area contributed by atoms with Crippen molar-refractivity contribution < 1.29 is 9.18 Å². The highest BCUT2D eigenvalue weighted by Gasteiger charge is 2.21. The number of amides is 1. The van der Waals surface area contributed by atoms with Gasteiger partial charge in [0.2, 0.25) is 5.91 Å². The molecule has 0 radical (unpaired) electrons. The van der Waals surface area contributed by atoms with Gasteiger partial charge in [0.05, 0.1) is 6.54 Å². The molecule has 1 aliphatic rings. The molecule has 1 N–H and O–H groups in total. The summed E-state index contributed by atoms with van der Waals surface area (Å²) >= 11 is 0. The molecule has 0 aromatic heterocycles. The topological polar surface area (TPSA) is 35.6 Å². The molecule has 5 heteroatoms. The molecule has 2 aromatic rings. The van der Waals surface area contributed by atoms with Gasteiger partial charge >= 0.3 is 0 Å². The number of halogens is 1. The standard InChI is InChI=1S/C22H28FN3O/c1-17-6-5-9-21(18(17)2)25-12-14-26(15-13-25)22(27)16-24-11-10-19-7-3-4-8-20(19)23/h3-9,24H,10-16H2,1-2H3. The quantitative estimate of drug-likeness (QED) is 0.796. The third-order valence-corrected chi connectivity index (χ3v) is 5.35. The molecule has 1 fully saturated rings. The molecule has 1 amide bonds. The Bertz CT molecular complexity index is 785. The van der Waals surface area contributed by atoms with E-state index in [-0.39, 0.29) is 11.7 Å². The molecule has 1 saturated heterocycles. The number of piperazine rings is 1. The van der Waals surface area contributed by atoms with Gasteiger partial charge in [-0.2, -0.15) is 0 Å². The van der Waals surface area contributed by atoms with Gasteiger partial charge in [0.1, 0.15) is 5.82 Å². The van der Waals surface area contributed by atoms with E-state index in [0.29, 0.717) is 25.1 Å². The number of carbonyl (C=O) groups excluding carboxylic acids is 1. The summed E-state index contributed by atoms with van der Waals surface area (Å²) in [5.41, 5.74) is 4.56. The van der Waals surface area contributed by atoms with Crippen LogP contribution in [0.15, 0.2) is 42.5 Å². The fourth-order valence-corrected chi connectivity index (χ4v) is 3.51. The minimum atomic E-state index is -0.187. The van der Waals surface area contributed by atoms with E-state index in [1.807, 2.05) is 11.0 Å². The van der Waals surface area contributed by atoms with E-state index < -0.39 is 0 Å². The largest absolute Gasteiger partial charge is 0.368 e. The van der Waals surface area contributed by atoms with Gasteiger partial charge in [0, 0.05) is 31.9 Å². The number of carbonyl (C=O) groups is 1. The van der Waals surface area contributed by atoms with Crippen LogP contribution < -0.4 is 10.2 Å². The molecule has 0 spiro atoms. The van der Waals surface area contributed by atoms with Crippen LogP contribution in [0.4, 0.5) is 10.1 Å². The van der Waals surface area contributed by atoms with Crippen LogP contribution in [0.1, 0.15) is 16.7 Å². The zero-order valence-electron chi connectivity index (χ0n) is 16.2. The van der Waals surface area contributed by atoms with E-state index in [0.717, 1.165) is 26.2 Å². The van der Waals surface area contributed by atoms with Crippen molar-refractivity contribution in [3.05, 3.63) is 65.0 Å². The summed E-state index contributed by atoms with van der Waals surface area (Å²) < 4.78 is 13.6. The average molecular weight is 369 g/mol. The molecule has 0 atom stereocenters. The third-order valence-electron chi connectivity index (χ3n) is 5.35. The van der Waals surface area contributed by atoms with Crippen molar-refractivity contribution in [2.24, 2.45) is 0 Å². The molecule has 2 aromatic carbocycles. The number of hydrogen-bond donors (Lipinski definition) is 1. The molecule has 0 bridgehead atoms. The summed E-state index contributed by atoms with van der Waals surface area (Å²) in [6.45, 7) is 8.36. The second-order valence-electron chi connectivity index (χ2n) is 7.11. The van der Waals surface area contributed by atoms with Gasteiger partial charge in [-0.3, -0.25) is 4.79 Å². The van der Waals surface area contributed by atoms with Gasteiger partial charge in [0.25, 0.3) is 0 Å². The number of nitrogens with zero attached hydrogens (tertiary/aromatic N) is 2. The maximum Gasteiger partial charge on any atom is 0.236 e. The molecule has 3 rings (SSSR count). The molecule has 1 aliphatic heterocycles. The second-order valence-corrected chi connectivity index (χ2v) is 7.11. The molecule has 27 heavy (non-hydrogen) atoms. The van der Waals surface area contributed by atoms with Crippen molar-refractivity contribution in [2.45, 2.75) is 20.3 Å². The predicted molar refractivity (Wildman–Crippen MR) is 108 cm³/mol. The third kappa shape index (κ3) is 4.86. The van der Waals surface area contributed by atoms with E-state index in [9.17, 15) is 9.18 Å². The number of aryl methyl sites for hydroxylation is 1. The van der Waals surface area contributed by atoms with Gasteiger partial charge in [-0.15, -0.1) is 0 Å². The minimum absolute atomic E-state index is 0.115. The summed E-state index contributed by atoms with van der Waals surface area (Å²) in [5.74, 6) is -0.0719. The van der Waals surface area contributed by atoms with Crippen LogP contribution in [0.5, 0.6) is 0 Å². The average Bonchev–Trinajstić information content (AvgIpc) is 2.68. The monoisotopic (exact) mass is 369 g/mol. The van der Waals surface area contributed by atoms with Crippen LogP contribution in [-0.4, -0.2) is 50.1 Å². The summed E-state index contributed by atoms with van der Waals surface area (Å²) in [4.78, 5) is 16.7. The Kier molecular flexibility index (Phi) is 6.45. The van der Waals surface area contributed by atoms with Gasteiger partial charge < -0.3 is 15.1 Å². The highest BCUT2D eigenvalue weighted by Crippen LogP contribution is 2.23. The van der Waals surface area contributed by atoms with E-state index in [1.165, 1.54) is 22.9 Å². The van der Waals surface area contributed by atoms with Crippen LogP contribution in [0.2, 0.25) is 0 Å². The highest BCUT2D eigenvalue weighted by atomic mass is 19.1. The molecule has 1 heterocycles. The fourth-order valence-electron chi connectivity index (χ4n) is 3.51. The number of anilines is 1. The molecular weight excluding hydrogens is 341 g/mol. The lowest BCUT2D eigenvalue weighted by molar-refractivity contribution is -0.130. The lowest BCUT2D eigenvalue weighted by Gasteiger charge is -2.37. The van der Waals surface area contributed by atoms with E-state index in [4.69, 9.17) is 0 Å². The van der Waals surface area contributed by atoms with E-state index >= 15 is 0 Å². The Morgan fingerprint density at radius 3 is 2.52 bits per heavy atom. The Balaban J connectivity index is 1.42. The van der Waals surface area contributed by atoms with Crippen LogP contribution in [0.25, 0.3) is 0 Å². The molecular formula is C22H28FN3O.